The van der Waals surface area contributed by atoms with E-state index in [-0.39, 0.29) is 5.91 Å². The highest BCUT2D eigenvalue weighted by Crippen LogP contribution is 2.11. The number of carbonyl (C=O) groups is 1. The first-order chi connectivity index (χ1) is 9.06. The molecule has 0 radical (unpaired) electrons. The number of aryl methyl sites for hydroxylation is 2. The Hall–Kier alpha value is -1.62. The summed E-state index contributed by atoms with van der Waals surface area (Å²) < 4.78 is 6.40. The molecule has 0 fully saturated rings. The summed E-state index contributed by atoms with van der Waals surface area (Å²) in [5.74, 6) is 1.40. The van der Waals surface area contributed by atoms with Gasteiger partial charge in [0, 0.05) is 29.9 Å². The molecule has 0 spiro atoms. The van der Waals surface area contributed by atoms with E-state index >= 15 is 0 Å². The van der Waals surface area contributed by atoms with Crippen molar-refractivity contribution in [2.24, 2.45) is 0 Å². The maximum absolute atomic E-state index is 11.9. The first-order valence-electron chi connectivity index (χ1n) is 6.03. The summed E-state index contributed by atoms with van der Waals surface area (Å²) >= 11 is 3.34. The van der Waals surface area contributed by atoms with Crippen LogP contribution in [0, 0.1) is 13.8 Å². The lowest BCUT2D eigenvalue weighted by molar-refractivity contribution is 0.0953. The van der Waals surface area contributed by atoms with Gasteiger partial charge in [-0.15, -0.1) is 0 Å². The van der Waals surface area contributed by atoms with Crippen LogP contribution >= 0.6 is 15.9 Å². The highest BCUT2D eigenvalue weighted by Gasteiger charge is 2.08. The minimum absolute atomic E-state index is 0.0820. The molecule has 0 saturated heterocycles. The average Bonchev–Trinajstić information content (AvgIpc) is 2.68. The number of nitrogens with zero attached hydrogens (tertiary/aromatic N) is 1. The Bertz CT molecular complexity index is 576. The summed E-state index contributed by atoms with van der Waals surface area (Å²) in [7, 11) is 0. The van der Waals surface area contributed by atoms with Crippen molar-refractivity contribution in [3.63, 3.8) is 0 Å². The summed E-state index contributed by atoms with van der Waals surface area (Å²) in [6.07, 6.45) is 0.648. The van der Waals surface area contributed by atoms with Gasteiger partial charge in [0.25, 0.3) is 5.91 Å². The van der Waals surface area contributed by atoms with E-state index in [2.05, 4.69) is 26.2 Å². The molecule has 0 atom stereocenters. The largest absolute Gasteiger partial charge is 0.446 e. The van der Waals surface area contributed by atoms with Crippen molar-refractivity contribution >= 4 is 21.8 Å². The summed E-state index contributed by atoms with van der Waals surface area (Å²) in [5.41, 5.74) is 1.53. The molecule has 0 aliphatic rings. The minimum Gasteiger partial charge on any atom is -0.446 e. The lowest BCUT2D eigenvalue weighted by Gasteiger charge is -2.04. The third kappa shape index (κ3) is 3.67. The summed E-state index contributed by atoms with van der Waals surface area (Å²) in [4.78, 5) is 16.1. The van der Waals surface area contributed by atoms with Gasteiger partial charge in [-0.2, -0.15) is 0 Å². The molecule has 19 heavy (non-hydrogen) atoms. The van der Waals surface area contributed by atoms with E-state index in [1.807, 2.05) is 26.0 Å². The Morgan fingerprint density at radius 2 is 2.00 bits per heavy atom. The van der Waals surface area contributed by atoms with Gasteiger partial charge in [-0.1, -0.05) is 15.9 Å². The SMILES string of the molecule is Cc1nc(C)c(CCNC(=O)c2ccc(Br)cc2)o1. The maximum atomic E-state index is 11.9. The third-order valence-corrected chi connectivity index (χ3v) is 3.27. The van der Waals surface area contributed by atoms with Gasteiger partial charge in [0.2, 0.25) is 0 Å². The molecule has 0 bridgehead atoms. The maximum Gasteiger partial charge on any atom is 0.251 e. The number of carbonyl (C=O) groups excluding carboxylic acids is 1. The quantitative estimate of drug-likeness (QED) is 0.941. The Balaban J connectivity index is 1.87. The molecule has 0 aliphatic carbocycles. The van der Waals surface area contributed by atoms with Crippen LogP contribution in [0.1, 0.15) is 27.7 Å². The van der Waals surface area contributed by atoms with Crippen molar-refractivity contribution in [1.29, 1.82) is 0 Å². The predicted molar refractivity (Wildman–Crippen MR) is 76.2 cm³/mol. The molecule has 1 aromatic carbocycles. The van der Waals surface area contributed by atoms with E-state index in [4.69, 9.17) is 4.42 Å². The van der Waals surface area contributed by atoms with E-state index in [1.165, 1.54) is 0 Å². The molecular formula is C14H15BrN2O2. The van der Waals surface area contributed by atoms with Crippen LogP contribution in [0.15, 0.2) is 33.2 Å². The fourth-order valence-electron chi connectivity index (χ4n) is 1.80. The number of rotatable bonds is 4. The molecule has 1 N–H and O–H groups in total. The van der Waals surface area contributed by atoms with Crippen molar-refractivity contribution in [3.05, 3.63) is 51.6 Å². The smallest absolute Gasteiger partial charge is 0.251 e. The van der Waals surface area contributed by atoms with Crippen LogP contribution in [-0.2, 0) is 6.42 Å². The molecule has 100 valence electrons. The Kier molecular flexibility index (Phi) is 4.37. The van der Waals surface area contributed by atoms with Gasteiger partial charge in [0.05, 0.1) is 5.69 Å². The number of aromatic nitrogens is 1. The van der Waals surface area contributed by atoms with Gasteiger partial charge < -0.3 is 9.73 Å². The van der Waals surface area contributed by atoms with E-state index in [9.17, 15) is 4.79 Å². The van der Waals surface area contributed by atoms with E-state index in [1.54, 1.807) is 12.1 Å². The van der Waals surface area contributed by atoms with Crippen LogP contribution in [0.2, 0.25) is 0 Å². The molecule has 2 rings (SSSR count). The number of halogens is 1. The highest BCUT2D eigenvalue weighted by molar-refractivity contribution is 9.10. The second kappa shape index (κ2) is 6.02. The predicted octanol–water partition coefficient (Wildman–Crippen LogP) is 3.03. The van der Waals surface area contributed by atoms with E-state index in [0.717, 1.165) is 15.9 Å². The molecule has 2 aromatic rings. The molecule has 4 nitrogen and oxygen atoms in total. The Labute approximate surface area is 120 Å². The van der Waals surface area contributed by atoms with Crippen molar-refractivity contribution < 1.29 is 9.21 Å². The molecular weight excluding hydrogens is 308 g/mol. The zero-order chi connectivity index (χ0) is 13.8. The zero-order valence-corrected chi connectivity index (χ0v) is 12.5. The second-order valence-corrected chi connectivity index (χ2v) is 5.17. The molecule has 0 saturated carbocycles. The van der Waals surface area contributed by atoms with Crippen molar-refractivity contribution in [1.82, 2.24) is 10.3 Å². The first kappa shape index (κ1) is 13.8. The monoisotopic (exact) mass is 322 g/mol. The van der Waals surface area contributed by atoms with E-state index in [0.29, 0.717) is 24.4 Å². The molecule has 0 unspecified atom stereocenters. The van der Waals surface area contributed by atoms with Gasteiger partial charge in [-0.25, -0.2) is 4.98 Å². The fraction of sp³-hybridized carbons (Fsp3) is 0.286. The van der Waals surface area contributed by atoms with Gasteiger partial charge in [0.1, 0.15) is 5.76 Å². The second-order valence-electron chi connectivity index (χ2n) is 4.25. The van der Waals surface area contributed by atoms with E-state index < -0.39 is 0 Å². The van der Waals surface area contributed by atoms with Gasteiger partial charge >= 0.3 is 0 Å². The van der Waals surface area contributed by atoms with Crippen LogP contribution in [0.4, 0.5) is 0 Å². The molecule has 1 amide bonds. The Morgan fingerprint density at radius 3 is 2.58 bits per heavy atom. The lowest BCUT2D eigenvalue weighted by atomic mass is 10.2. The normalized spacial score (nSPS) is 10.5. The Morgan fingerprint density at radius 1 is 1.32 bits per heavy atom. The van der Waals surface area contributed by atoms with Gasteiger partial charge in [-0.05, 0) is 31.2 Å². The van der Waals surface area contributed by atoms with Crippen molar-refractivity contribution in [2.75, 3.05) is 6.54 Å². The topological polar surface area (TPSA) is 55.1 Å². The van der Waals surface area contributed by atoms with Gasteiger partial charge in [0.15, 0.2) is 5.89 Å². The van der Waals surface area contributed by atoms with Crippen molar-refractivity contribution in [3.8, 4) is 0 Å². The molecule has 0 aliphatic heterocycles. The number of hydrogen-bond acceptors (Lipinski definition) is 3. The van der Waals surface area contributed by atoms with Crippen LogP contribution in [0.5, 0.6) is 0 Å². The fourth-order valence-corrected chi connectivity index (χ4v) is 2.06. The summed E-state index contributed by atoms with van der Waals surface area (Å²) in [6.45, 7) is 4.25. The highest BCUT2D eigenvalue weighted by atomic mass is 79.9. The number of oxazole rings is 1. The van der Waals surface area contributed by atoms with Gasteiger partial charge in [-0.3, -0.25) is 4.79 Å². The minimum atomic E-state index is -0.0820. The number of hydrogen-bond donors (Lipinski definition) is 1. The molecule has 5 heteroatoms. The van der Waals surface area contributed by atoms with Crippen LogP contribution < -0.4 is 5.32 Å². The van der Waals surface area contributed by atoms with Crippen LogP contribution in [0.25, 0.3) is 0 Å². The number of amides is 1. The third-order valence-electron chi connectivity index (χ3n) is 2.74. The average molecular weight is 323 g/mol. The number of nitrogens with one attached hydrogen (secondary N) is 1. The summed E-state index contributed by atoms with van der Waals surface area (Å²) in [5, 5.41) is 2.86. The standard InChI is InChI=1S/C14H15BrN2O2/c1-9-13(19-10(2)17-9)7-8-16-14(18)11-3-5-12(15)6-4-11/h3-6H,7-8H2,1-2H3,(H,16,18). The zero-order valence-electron chi connectivity index (χ0n) is 10.9. The molecule has 1 heterocycles. The first-order valence-corrected chi connectivity index (χ1v) is 6.82. The van der Waals surface area contributed by atoms with Crippen molar-refractivity contribution in [2.45, 2.75) is 20.3 Å². The van der Waals surface area contributed by atoms with Crippen LogP contribution in [-0.4, -0.2) is 17.4 Å². The number of benzene rings is 1. The summed E-state index contributed by atoms with van der Waals surface area (Å²) in [6, 6.07) is 7.25. The molecule has 1 aromatic heterocycles. The van der Waals surface area contributed by atoms with Crippen LogP contribution in [0.3, 0.4) is 0 Å². The lowest BCUT2D eigenvalue weighted by Crippen LogP contribution is -2.25.